The number of nitrogens with one attached hydrogen (secondary N) is 2. The Morgan fingerprint density at radius 3 is 2.42 bits per heavy atom. The van der Waals surface area contributed by atoms with Crippen LogP contribution < -0.4 is 10.6 Å². The van der Waals surface area contributed by atoms with Gasteiger partial charge in [0, 0.05) is 24.7 Å². The monoisotopic (exact) mass is 381 g/mol. The summed E-state index contributed by atoms with van der Waals surface area (Å²) < 4.78 is 26.3. The normalized spacial score (nSPS) is 17.0. The molecule has 26 heavy (non-hydrogen) atoms. The quantitative estimate of drug-likeness (QED) is 0.745. The first kappa shape index (κ1) is 20.4. The number of rotatable bonds is 7. The third-order valence-electron chi connectivity index (χ3n) is 4.31. The maximum absolute atomic E-state index is 12.6. The van der Waals surface area contributed by atoms with Crippen molar-refractivity contribution in [3.63, 3.8) is 0 Å². The maximum atomic E-state index is 12.6. The predicted molar refractivity (Wildman–Crippen MR) is 99.2 cm³/mol. The molecule has 2 amide bonds. The fraction of sp³-hybridized carbons (Fsp3) is 0.556. The van der Waals surface area contributed by atoms with Crippen LogP contribution in [0.15, 0.2) is 29.2 Å². The average molecular weight is 381 g/mol. The van der Waals surface area contributed by atoms with Gasteiger partial charge in [0.15, 0.2) is 0 Å². The Balaban J connectivity index is 2.03. The van der Waals surface area contributed by atoms with Gasteiger partial charge in [0.1, 0.15) is 0 Å². The Morgan fingerprint density at radius 2 is 1.85 bits per heavy atom. The molecule has 144 valence electrons. The zero-order chi connectivity index (χ0) is 19.3. The minimum Gasteiger partial charge on any atom is -0.354 e. The summed E-state index contributed by atoms with van der Waals surface area (Å²) in [7, 11) is -3.74. The van der Waals surface area contributed by atoms with Gasteiger partial charge < -0.3 is 10.6 Å². The van der Waals surface area contributed by atoms with Gasteiger partial charge in [-0.1, -0.05) is 13.8 Å². The lowest BCUT2D eigenvalue weighted by Crippen LogP contribution is -2.49. The third-order valence-corrected chi connectivity index (χ3v) is 6.17. The summed E-state index contributed by atoms with van der Waals surface area (Å²) in [6, 6.07) is 5.88. The van der Waals surface area contributed by atoms with E-state index >= 15 is 0 Å². The van der Waals surface area contributed by atoms with Crippen molar-refractivity contribution in [2.75, 3.05) is 19.6 Å². The van der Waals surface area contributed by atoms with Crippen LogP contribution in [0.5, 0.6) is 0 Å². The molecule has 0 unspecified atom stereocenters. The number of carbonyl (C=O) groups is 2. The van der Waals surface area contributed by atoms with Gasteiger partial charge in [-0.05, 0) is 49.9 Å². The van der Waals surface area contributed by atoms with Gasteiger partial charge in [0.05, 0.1) is 11.4 Å². The standard InChI is InChI=1S/C18H27N3O4S/c1-13(2)4-5-14(3)20-18(23)15-6-8-16(9-7-15)26(24,25)21-11-10-19-17(22)12-21/h6-9,13-14H,4-5,10-12H2,1-3H3,(H,19,22)(H,20,23)/t14-/m0/s1. The number of hydrogen-bond donors (Lipinski definition) is 2. The van der Waals surface area contributed by atoms with Crippen molar-refractivity contribution in [2.24, 2.45) is 5.92 Å². The highest BCUT2D eigenvalue weighted by atomic mass is 32.2. The van der Waals surface area contributed by atoms with Crippen LogP contribution in [0, 0.1) is 5.92 Å². The van der Waals surface area contributed by atoms with Crippen LogP contribution in [-0.4, -0.2) is 50.2 Å². The van der Waals surface area contributed by atoms with Crippen LogP contribution in [-0.2, 0) is 14.8 Å². The molecule has 0 aliphatic carbocycles. The number of sulfonamides is 1. The molecule has 8 heteroatoms. The van der Waals surface area contributed by atoms with E-state index in [1.165, 1.54) is 24.3 Å². The van der Waals surface area contributed by atoms with E-state index in [-0.39, 0.29) is 35.8 Å². The molecule has 0 radical (unpaired) electrons. The summed E-state index contributed by atoms with van der Waals surface area (Å²) in [4.78, 5) is 23.8. The lowest BCUT2D eigenvalue weighted by atomic mass is 10.0. The van der Waals surface area contributed by atoms with E-state index in [2.05, 4.69) is 24.5 Å². The molecular weight excluding hydrogens is 354 g/mol. The highest BCUT2D eigenvalue weighted by Gasteiger charge is 2.29. The van der Waals surface area contributed by atoms with E-state index in [0.29, 0.717) is 18.0 Å². The molecule has 1 saturated heterocycles. The first-order valence-electron chi connectivity index (χ1n) is 8.88. The van der Waals surface area contributed by atoms with Crippen LogP contribution in [0.25, 0.3) is 0 Å². The largest absolute Gasteiger partial charge is 0.354 e. The second-order valence-corrected chi connectivity index (χ2v) is 9.00. The van der Waals surface area contributed by atoms with Crippen molar-refractivity contribution >= 4 is 21.8 Å². The second kappa shape index (κ2) is 8.64. The Hall–Kier alpha value is -1.93. The van der Waals surface area contributed by atoms with Crippen molar-refractivity contribution in [2.45, 2.75) is 44.6 Å². The molecule has 1 aromatic rings. The minimum atomic E-state index is -3.74. The average Bonchev–Trinajstić information content (AvgIpc) is 2.60. The smallest absolute Gasteiger partial charge is 0.251 e. The lowest BCUT2D eigenvalue weighted by Gasteiger charge is -2.25. The summed E-state index contributed by atoms with van der Waals surface area (Å²) in [5.74, 6) is 0.0458. The topological polar surface area (TPSA) is 95.6 Å². The molecule has 1 heterocycles. The zero-order valence-electron chi connectivity index (χ0n) is 15.5. The molecule has 7 nitrogen and oxygen atoms in total. The molecule has 0 saturated carbocycles. The minimum absolute atomic E-state index is 0.0557. The van der Waals surface area contributed by atoms with Crippen molar-refractivity contribution in [1.29, 1.82) is 0 Å². The van der Waals surface area contributed by atoms with E-state index < -0.39 is 10.0 Å². The van der Waals surface area contributed by atoms with E-state index in [1.54, 1.807) is 0 Å². The van der Waals surface area contributed by atoms with E-state index in [0.717, 1.165) is 17.1 Å². The van der Waals surface area contributed by atoms with Crippen LogP contribution in [0.1, 0.15) is 44.0 Å². The van der Waals surface area contributed by atoms with Crippen molar-refractivity contribution in [3.05, 3.63) is 29.8 Å². The van der Waals surface area contributed by atoms with E-state index in [1.807, 2.05) is 6.92 Å². The van der Waals surface area contributed by atoms with Crippen molar-refractivity contribution < 1.29 is 18.0 Å². The van der Waals surface area contributed by atoms with Crippen LogP contribution >= 0.6 is 0 Å². The molecule has 0 spiro atoms. The summed E-state index contributed by atoms with van der Waals surface area (Å²) in [5, 5.41) is 5.52. The molecule has 0 bridgehead atoms. The van der Waals surface area contributed by atoms with Gasteiger partial charge in [-0.3, -0.25) is 9.59 Å². The van der Waals surface area contributed by atoms with Crippen molar-refractivity contribution in [3.8, 4) is 0 Å². The van der Waals surface area contributed by atoms with Crippen LogP contribution in [0.4, 0.5) is 0 Å². The summed E-state index contributed by atoms with van der Waals surface area (Å²) in [5.41, 5.74) is 0.414. The maximum Gasteiger partial charge on any atom is 0.251 e. The fourth-order valence-electron chi connectivity index (χ4n) is 2.71. The molecule has 2 rings (SSSR count). The fourth-order valence-corrected chi connectivity index (χ4v) is 4.11. The molecule has 1 aliphatic heterocycles. The molecule has 1 aliphatic rings. The Morgan fingerprint density at radius 1 is 1.19 bits per heavy atom. The van der Waals surface area contributed by atoms with Gasteiger partial charge in [-0.2, -0.15) is 4.31 Å². The molecular formula is C18H27N3O4S. The van der Waals surface area contributed by atoms with Gasteiger partial charge >= 0.3 is 0 Å². The van der Waals surface area contributed by atoms with E-state index in [9.17, 15) is 18.0 Å². The second-order valence-electron chi connectivity index (χ2n) is 7.06. The number of nitrogens with zero attached hydrogens (tertiary/aromatic N) is 1. The van der Waals surface area contributed by atoms with Gasteiger partial charge in [-0.25, -0.2) is 8.42 Å². The summed E-state index contributed by atoms with van der Waals surface area (Å²) in [6.07, 6.45) is 1.93. The lowest BCUT2D eigenvalue weighted by molar-refractivity contribution is -0.122. The predicted octanol–water partition coefficient (Wildman–Crippen LogP) is 1.36. The highest BCUT2D eigenvalue weighted by Crippen LogP contribution is 2.17. The summed E-state index contributed by atoms with van der Waals surface area (Å²) >= 11 is 0. The van der Waals surface area contributed by atoms with Crippen molar-refractivity contribution in [1.82, 2.24) is 14.9 Å². The first-order valence-corrected chi connectivity index (χ1v) is 10.3. The SMILES string of the molecule is CC(C)CC[C@H](C)NC(=O)c1ccc(S(=O)(=O)N2CCNC(=O)C2)cc1. The molecule has 1 aromatic carbocycles. The molecule has 0 aromatic heterocycles. The van der Waals surface area contributed by atoms with Crippen LogP contribution in [0.2, 0.25) is 0 Å². The van der Waals surface area contributed by atoms with Crippen LogP contribution in [0.3, 0.4) is 0 Å². The Labute approximate surface area is 155 Å². The number of amides is 2. The number of carbonyl (C=O) groups excluding carboxylic acids is 2. The first-order chi connectivity index (χ1) is 12.2. The Bertz CT molecular complexity index is 744. The zero-order valence-corrected chi connectivity index (χ0v) is 16.3. The van der Waals surface area contributed by atoms with Gasteiger partial charge in [0.25, 0.3) is 5.91 Å². The molecule has 2 N–H and O–H groups in total. The van der Waals surface area contributed by atoms with Gasteiger partial charge in [-0.15, -0.1) is 0 Å². The van der Waals surface area contributed by atoms with Gasteiger partial charge in [0.2, 0.25) is 15.9 Å². The molecule has 1 fully saturated rings. The number of hydrogen-bond acceptors (Lipinski definition) is 4. The third kappa shape index (κ3) is 5.28. The number of benzene rings is 1. The highest BCUT2D eigenvalue weighted by molar-refractivity contribution is 7.89. The summed E-state index contributed by atoms with van der Waals surface area (Å²) in [6.45, 7) is 6.59. The molecule has 1 atom stereocenters. The van der Waals surface area contributed by atoms with E-state index in [4.69, 9.17) is 0 Å². The Kier molecular flexibility index (Phi) is 6.77. The number of piperazine rings is 1.